The number of carbonyl (C=O) groups is 1. The maximum Gasteiger partial charge on any atom is 0.222 e. The van der Waals surface area contributed by atoms with Crippen LogP contribution >= 0.6 is 24.0 Å². The summed E-state index contributed by atoms with van der Waals surface area (Å²) in [6.45, 7) is 4.29. The second kappa shape index (κ2) is 14.0. The number of aliphatic imine (C=N–C) groups is 1. The zero-order valence-corrected chi connectivity index (χ0v) is 20.5. The molecule has 3 N–H and O–H groups in total. The summed E-state index contributed by atoms with van der Waals surface area (Å²) in [5.74, 6) is 0.809. The Kier molecular flexibility index (Phi) is 11.4. The van der Waals surface area contributed by atoms with E-state index in [0.29, 0.717) is 25.6 Å². The minimum atomic E-state index is 0. The highest BCUT2D eigenvalue weighted by Crippen LogP contribution is 2.13. The van der Waals surface area contributed by atoms with Gasteiger partial charge in [0.25, 0.3) is 0 Å². The first kappa shape index (κ1) is 25.1. The number of rotatable bonds is 8. The zero-order chi connectivity index (χ0) is 21.0. The molecule has 6 nitrogen and oxygen atoms in total. The topological polar surface area (TPSA) is 68.8 Å². The van der Waals surface area contributed by atoms with Gasteiger partial charge in [0, 0.05) is 52.2 Å². The standard InChI is InChI=1S/C24H33N5O.HI/c1-25-24(26-15-12-23(30)27-18-20-8-4-2-5-9-20)28-22-13-16-29(17-14-22)19-21-10-6-3-7-11-21;/h2-11,22H,12-19H2,1H3,(H,27,30)(H2,25,26,28);1H. The Balaban J connectivity index is 0.00000341. The minimum absolute atomic E-state index is 0. The van der Waals surface area contributed by atoms with E-state index < -0.39 is 0 Å². The van der Waals surface area contributed by atoms with Crippen LogP contribution in [0.3, 0.4) is 0 Å². The number of halogens is 1. The number of nitrogens with one attached hydrogen (secondary N) is 3. The second-order valence-electron chi connectivity index (χ2n) is 7.69. The summed E-state index contributed by atoms with van der Waals surface area (Å²) in [6, 6.07) is 21.0. The van der Waals surface area contributed by atoms with Gasteiger partial charge >= 0.3 is 0 Å². The minimum Gasteiger partial charge on any atom is -0.356 e. The van der Waals surface area contributed by atoms with Crippen molar-refractivity contribution in [2.45, 2.75) is 38.4 Å². The molecule has 1 aliphatic rings. The number of piperidine rings is 1. The van der Waals surface area contributed by atoms with Crippen LogP contribution in [0.1, 0.15) is 30.4 Å². The van der Waals surface area contributed by atoms with Crippen LogP contribution in [0, 0.1) is 0 Å². The van der Waals surface area contributed by atoms with Crippen LogP contribution in [0.15, 0.2) is 65.7 Å². The summed E-state index contributed by atoms with van der Waals surface area (Å²) < 4.78 is 0. The smallest absolute Gasteiger partial charge is 0.222 e. The van der Waals surface area contributed by atoms with E-state index in [1.807, 2.05) is 30.3 Å². The fourth-order valence-electron chi connectivity index (χ4n) is 3.64. The Morgan fingerprint density at radius 2 is 1.58 bits per heavy atom. The summed E-state index contributed by atoms with van der Waals surface area (Å²) in [7, 11) is 1.77. The molecule has 0 aliphatic carbocycles. The summed E-state index contributed by atoms with van der Waals surface area (Å²) in [4.78, 5) is 18.9. The van der Waals surface area contributed by atoms with Crippen LogP contribution in [0.2, 0.25) is 0 Å². The van der Waals surface area contributed by atoms with Gasteiger partial charge in [0.2, 0.25) is 5.91 Å². The lowest BCUT2D eigenvalue weighted by molar-refractivity contribution is -0.121. The van der Waals surface area contributed by atoms with E-state index in [1.54, 1.807) is 7.05 Å². The van der Waals surface area contributed by atoms with Gasteiger partial charge in [-0.3, -0.25) is 14.7 Å². The summed E-state index contributed by atoms with van der Waals surface area (Å²) in [5, 5.41) is 9.72. The number of amides is 1. The molecule has 1 amide bonds. The lowest BCUT2D eigenvalue weighted by atomic mass is 10.0. The van der Waals surface area contributed by atoms with Crippen LogP contribution in [-0.2, 0) is 17.9 Å². The first-order valence-corrected chi connectivity index (χ1v) is 10.8. The van der Waals surface area contributed by atoms with Gasteiger partial charge in [0.1, 0.15) is 0 Å². The highest BCUT2D eigenvalue weighted by Gasteiger charge is 2.20. The van der Waals surface area contributed by atoms with Crippen molar-refractivity contribution in [2.24, 2.45) is 4.99 Å². The molecule has 2 aromatic carbocycles. The van der Waals surface area contributed by atoms with Crippen LogP contribution in [0.4, 0.5) is 0 Å². The first-order valence-electron chi connectivity index (χ1n) is 10.8. The number of nitrogens with zero attached hydrogens (tertiary/aromatic N) is 2. The number of hydrogen-bond donors (Lipinski definition) is 3. The molecule has 0 saturated carbocycles. The van der Waals surface area contributed by atoms with Crippen molar-refractivity contribution in [3.05, 3.63) is 71.8 Å². The van der Waals surface area contributed by atoms with E-state index in [9.17, 15) is 4.79 Å². The van der Waals surface area contributed by atoms with Crippen molar-refractivity contribution in [1.29, 1.82) is 0 Å². The molecule has 0 spiro atoms. The Morgan fingerprint density at radius 1 is 0.968 bits per heavy atom. The third-order valence-electron chi connectivity index (χ3n) is 5.38. The van der Waals surface area contributed by atoms with Gasteiger partial charge in [0.15, 0.2) is 5.96 Å². The first-order chi connectivity index (χ1) is 14.7. The van der Waals surface area contributed by atoms with Gasteiger partial charge in [0.05, 0.1) is 0 Å². The number of benzene rings is 2. The number of guanidine groups is 1. The fourth-order valence-corrected chi connectivity index (χ4v) is 3.64. The van der Waals surface area contributed by atoms with Crippen molar-refractivity contribution in [2.75, 3.05) is 26.7 Å². The van der Waals surface area contributed by atoms with Gasteiger partial charge in [-0.15, -0.1) is 24.0 Å². The predicted octanol–water partition coefficient (Wildman–Crippen LogP) is 3.14. The molecule has 0 atom stereocenters. The van der Waals surface area contributed by atoms with E-state index in [-0.39, 0.29) is 29.9 Å². The van der Waals surface area contributed by atoms with Crippen molar-refractivity contribution >= 4 is 35.8 Å². The molecule has 0 unspecified atom stereocenters. The molecule has 1 aliphatic heterocycles. The molecule has 1 heterocycles. The van der Waals surface area contributed by atoms with E-state index in [2.05, 4.69) is 56.2 Å². The SMILES string of the molecule is CN=C(NCCC(=O)NCc1ccccc1)NC1CCN(Cc2ccccc2)CC1.I. The number of hydrogen-bond acceptors (Lipinski definition) is 3. The normalized spacial score (nSPS) is 15.1. The molecule has 31 heavy (non-hydrogen) atoms. The number of likely N-dealkylation sites (tertiary alicyclic amines) is 1. The largest absolute Gasteiger partial charge is 0.356 e. The molecule has 168 valence electrons. The molecule has 1 saturated heterocycles. The molecule has 0 aromatic heterocycles. The van der Waals surface area contributed by atoms with Crippen molar-refractivity contribution in [3.63, 3.8) is 0 Å². The number of carbonyl (C=O) groups excluding carboxylic acids is 1. The fraction of sp³-hybridized carbons (Fsp3) is 0.417. The highest BCUT2D eigenvalue weighted by molar-refractivity contribution is 14.0. The zero-order valence-electron chi connectivity index (χ0n) is 18.2. The summed E-state index contributed by atoms with van der Waals surface area (Å²) in [5.41, 5.74) is 2.47. The monoisotopic (exact) mass is 535 g/mol. The van der Waals surface area contributed by atoms with Gasteiger partial charge < -0.3 is 16.0 Å². The van der Waals surface area contributed by atoms with Crippen LogP contribution < -0.4 is 16.0 Å². The van der Waals surface area contributed by atoms with E-state index in [0.717, 1.165) is 44.0 Å². The maximum absolute atomic E-state index is 12.0. The predicted molar refractivity (Wildman–Crippen MR) is 138 cm³/mol. The Morgan fingerprint density at radius 3 is 2.19 bits per heavy atom. The van der Waals surface area contributed by atoms with Crippen LogP contribution in [0.25, 0.3) is 0 Å². The van der Waals surface area contributed by atoms with E-state index in [1.165, 1.54) is 5.56 Å². The third-order valence-corrected chi connectivity index (χ3v) is 5.38. The Hall–Kier alpha value is -2.13. The average molecular weight is 535 g/mol. The molecule has 1 fully saturated rings. The summed E-state index contributed by atoms with van der Waals surface area (Å²) in [6.07, 6.45) is 2.60. The van der Waals surface area contributed by atoms with Gasteiger partial charge in [-0.25, -0.2) is 0 Å². The van der Waals surface area contributed by atoms with Gasteiger partial charge in [-0.1, -0.05) is 60.7 Å². The Bertz CT molecular complexity index is 792. The quantitative estimate of drug-likeness (QED) is 0.276. The van der Waals surface area contributed by atoms with E-state index >= 15 is 0 Å². The highest BCUT2D eigenvalue weighted by atomic mass is 127. The Labute approximate surface area is 202 Å². The maximum atomic E-state index is 12.0. The molecule has 7 heteroatoms. The van der Waals surface area contributed by atoms with Crippen molar-refractivity contribution in [1.82, 2.24) is 20.9 Å². The lowest BCUT2D eigenvalue weighted by Crippen LogP contribution is -2.48. The second-order valence-corrected chi connectivity index (χ2v) is 7.69. The van der Waals surface area contributed by atoms with Crippen LogP contribution in [0.5, 0.6) is 0 Å². The van der Waals surface area contributed by atoms with Gasteiger partial charge in [-0.05, 0) is 24.0 Å². The third kappa shape index (κ3) is 9.26. The lowest BCUT2D eigenvalue weighted by Gasteiger charge is -2.33. The molecular weight excluding hydrogens is 501 g/mol. The van der Waals surface area contributed by atoms with Crippen molar-refractivity contribution < 1.29 is 4.79 Å². The van der Waals surface area contributed by atoms with Crippen molar-refractivity contribution in [3.8, 4) is 0 Å². The molecule has 0 radical (unpaired) electrons. The molecule has 0 bridgehead atoms. The van der Waals surface area contributed by atoms with Crippen LogP contribution in [-0.4, -0.2) is 49.5 Å². The van der Waals surface area contributed by atoms with Gasteiger partial charge in [-0.2, -0.15) is 0 Å². The summed E-state index contributed by atoms with van der Waals surface area (Å²) >= 11 is 0. The molecule has 2 aromatic rings. The average Bonchev–Trinajstić information content (AvgIpc) is 2.79. The van der Waals surface area contributed by atoms with E-state index in [4.69, 9.17) is 0 Å². The molecular formula is C24H34IN5O. The molecule has 3 rings (SSSR count).